The van der Waals surface area contributed by atoms with Gasteiger partial charge in [0, 0.05) is 41.5 Å². The van der Waals surface area contributed by atoms with Gasteiger partial charge in [0.1, 0.15) is 11.7 Å². The number of amides is 1. The number of ether oxygens (including phenoxy) is 1. The molecule has 8 heteroatoms. The molecule has 1 aromatic carbocycles. The van der Waals surface area contributed by atoms with Crippen molar-refractivity contribution in [1.29, 1.82) is 5.26 Å². The van der Waals surface area contributed by atoms with Crippen molar-refractivity contribution in [3.63, 3.8) is 0 Å². The minimum atomic E-state index is -0.486. The average molecular weight is 513 g/mol. The normalized spacial score (nSPS) is 24.3. The first-order chi connectivity index (χ1) is 18.1. The summed E-state index contributed by atoms with van der Waals surface area (Å²) in [5, 5.41) is 18.8. The Morgan fingerprint density at radius 3 is 2.55 bits per heavy atom. The van der Waals surface area contributed by atoms with Gasteiger partial charge in [-0.3, -0.25) is 9.67 Å². The number of carbonyl (C=O) groups excluding carboxylic acids is 1. The molecule has 1 N–H and O–H groups in total. The molecule has 3 aromatic rings. The summed E-state index contributed by atoms with van der Waals surface area (Å²) in [6.45, 7) is 10.4. The van der Waals surface area contributed by atoms with Gasteiger partial charge in [0.15, 0.2) is 0 Å². The number of pyridine rings is 1. The van der Waals surface area contributed by atoms with Crippen LogP contribution in [0.4, 0.5) is 10.5 Å². The Balaban J connectivity index is 1.19. The number of nitrogens with one attached hydrogen (secondary N) is 1. The van der Waals surface area contributed by atoms with Crippen LogP contribution in [0.5, 0.6) is 0 Å². The summed E-state index contributed by atoms with van der Waals surface area (Å²) in [7, 11) is 0. The molecule has 3 aliphatic carbocycles. The summed E-state index contributed by atoms with van der Waals surface area (Å²) >= 11 is 0. The highest BCUT2D eigenvalue weighted by Gasteiger charge is 2.50. The molecule has 1 amide bonds. The van der Waals surface area contributed by atoms with Crippen LogP contribution in [-0.4, -0.2) is 32.0 Å². The summed E-state index contributed by atoms with van der Waals surface area (Å²) in [6, 6.07) is 10.2. The van der Waals surface area contributed by atoms with E-state index in [2.05, 4.69) is 45.0 Å². The molecular weight excluding hydrogens is 476 g/mol. The number of fused-ring (bicyclic) bond motifs is 5. The van der Waals surface area contributed by atoms with Crippen LogP contribution in [0, 0.1) is 23.7 Å². The fourth-order valence-electron chi connectivity index (χ4n) is 6.83. The first-order valence-electron chi connectivity index (χ1n) is 13.7. The quantitative estimate of drug-likeness (QED) is 0.478. The number of nitrogens with zero attached hydrogens (tertiary/aromatic N) is 5. The van der Waals surface area contributed by atoms with Crippen LogP contribution in [0.15, 0.2) is 30.5 Å². The zero-order valence-electron chi connectivity index (χ0n) is 22.8. The van der Waals surface area contributed by atoms with Crippen LogP contribution in [0.3, 0.4) is 0 Å². The summed E-state index contributed by atoms with van der Waals surface area (Å²) in [5.41, 5.74) is 5.80. The molecule has 0 unspecified atom stereocenters. The number of benzene rings is 1. The van der Waals surface area contributed by atoms with Gasteiger partial charge in [0.05, 0.1) is 29.0 Å². The van der Waals surface area contributed by atoms with Crippen molar-refractivity contribution in [2.45, 2.75) is 97.0 Å². The van der Waals surface area contributed by atoms with E-state index in [9.17, 15) is 10.1 Å². The lowest BCUT2D eigenvalue weighted by Crippen LogP contribution is -2.58. The van der Waals surface area contributed by atoms with E-state index in [1.54, 1.807) is 6.20 Å². The van der Waals surface area contributed by atoms with E-state index in [1.807, 2.05) is 32.9 Å². The van der Waals surface area contributed by atoms with Crippen LogP contribution in [0.2, 0.25) is 0 Å². The number of nitriles is 1. The summed E-state index contributed by atoms with van der Waals surface area (Å²) in [6.07, 6.45) is 7.70. The van der Waals surface area contributed by atoms with Gasteiger partial charge in [0.2, 0.25) is 0 Å². The van der Waals surface area contributed by atoms with Crippen molar-refractivity contribution in [1.82, 2.24) is 20.1 Å². The zero-order valence-corrected chi connectivity index (χ0v) is 22.8. The third-order valence-electron chi connectivity index (χ3n) is 8.92. The van der Waals surface area contributed by atoms with Gasteiger partial charge in [-0.05, 0) is 95.9 Å². The Morgan fingerprint density at radius 1 is 1.13 bits per heavy atom. The van der Waals surface area contributed by atoms with Gasteiger partial charge >= 0.3 is 6.09 Å². The SMILES string of the molecule is Cc1nn(CC23CCC(NC(=O)OC(C)(C)C)(CC2)CC3)c2c1CN(c1ccc(C#N)c3ncccc13)C2. The van der Waals surface area contributed by atoms with E-state index in [4.69, 9.17) is 9.84 Å². The van der Waals surface area contributed by atoms with E-state index in [1.165, 1.54) is 11.3 Å². The number of alkyl carbamates (subject to hydrolysis) is 1. The van der Waals surface area contributed by atoms with Crippen molar-refractivity contribution >= 4 is 22.7 Å². The minimum Gasteiger partial charge on any atom is -0.444 e. The van der Waals surface area contributed by atoms with E-state index >= 15 is 0 Å². The first kappa shape index (κ1) is 24.7. The maximum Gasteiger partial charge on any atom is 0.408 e. The van der Waals surface area contributed by atoms with Crippen LogP contribution >= 0.6 is 0 Å². The fourth-order valence-corrected chi connectivity index (χ4v) is 6.83. The van der Waals surface area contributed by atoms with Gasteiger partial charge in [-0.2, -0.15) is 10.4 Å². The molecule has 0 spiro atoms. The standard InChI is InChI=1S/C30H36N6O2/c1-20-23-17-35(24-8-7-21(16-31)26-22(24)6-5-15-32-26)18-25(23)36(34-20)19-29-9-12-30(13-10-29,14-11-29)33-27(37)38-28(2,3)4/h5-8,15H,9-14,17-19H2,1-4H3,(H,33,37). The summed E-state index contributed by atoms with van der Waals surface area (Å²) in [5.74, 6) is 0. The Kier molecular flexibility index (Phi) is 5.67. The van der Waals surface area contributed by atoms with Crippen LogP contribution in [0.1, 0.15) is 81.8 Å². The fraction of sp³-hybridized carbons (Fsp3) is 0.533. The van der Waals surface area contributed by atoms with Gasteiger partial charge in [-0.15, -0.1) is 0 Å². The topological polar surface area (TPSA) is 96.1 Å². The molecule has 38 heavy (non-hydrogen) atoms. The number of aromatic nitrogens is 3. The molecule has 0 radical (unpaired) electrons. The van der Waals surface area contributed by atoms with E-state index in [0.717, 1.165) is 80.4 Å². The maximum absolute atomic E-state index is 12.5. The minimum absolute atomic E-state index is 0.131. The second kappa shape index (κ2) is 8.72. The molecule has 3 heterocycles. The number of anilines is 1. The van der Waals surface area contributed by atoms with Crippen molar-refractivity contribution in [3.05, 3.63) is 53.0 Å². The zero-order chi connectivity index (χ0) is 26.7. The lowest BCUT2D eigenvalue weighted by atomic mass is 9.57. The number of aryl methyl sites for hydroxylation is 1. The third-order valence-corrected chi connectivity index (χ3v) is 8.92. The van der Waals surface area contributed by atoms with E-state index < -0.39 is 5.60 Å². The Labute approximate surface area is 224 Å². The molecule has 0 saturated heterocycles. The second-order valence-corrected chi connectivity index (χ2v) is 12.6. The lowest BCUT2D eigenvalue weighted by molar-refractivity contribution is -0.00514. The smallest absolute Gasteiger partial charge is 0.408 e. The first-order valence-corrected chi connectivity index (χ1v) is 13.7. The van der Waals surface area contributed by atoms with Crippen molar-refractivity contribution in [2.75, 3.05) is 4.90 Å². The van der Waals surface area contributed by atoms with Crippen molar-refractivity contribution in [2.24, 2.45) is 5.41 Å². The number of carbonyl (C=O) groups is 1. The third kappa shape index (κ3) is 4.28. The number of rotatable bonds is 4. The summed E-state index contributed by atoms with van der Waals surface area (Å²) in [4.78, 5) is 19.4. The average Bonchev–Trinajstić information content (AvgIpc) is 3.44. The highest BCUT2D eigenvalue weighted by molar-refractivity contribution is 5.95. The monoisotopic (exact) mass is 512 g/mol. The highest BCUT2D eigenvalue weighted by atomic mass is 16.6. The molecule has 3 saturated carbocycles. The van der Waals surface area contributed by atoms with Gasteiger partial charge in [-0.25, -0.2) is 4.79 Å². The van der Waals surface area contributed by atoms with E-state index in [0.29, 0.717) is 5.56 Å². The Bertz CT molecular complexity index is 1440. The number of hydrogen-bond acceptors (Lipinski definition) is 6. The maximum atomic E-state index is 12.5. The molecule has 0 atom stereocenters. The summed E-state index contributed by atoms with van der Waals surface area (Å²) < 4.78 is 7.83. The van der Waals surface area contributed by atoms with Crippen LogP contribution in [-0.2, 0) is 24.4 Å². The van der Waals surface area contributed by atoms with E-state index in [-0.39, 0.29) is 17.0 Å². The van der Waals surface area contributed by atoms with Crippen LogP contribution < -0.4 is 10.2 Å². The predicted molar refractivity (Wildman–Crippen MR) is 146 cm³/mol. The molecule has 3 fully saturated rings. The molecule has 2 aromatic heterocycles. The molecule has 2 bridgehead atoms. The van der Waals surface area contributed by atoms with Crippen LogP contribution in [0.25, 0.3) is 10.9 Å². The Hall–Kier alpha value is -3.60. The molecule has 198 valence electrons. The van der Waals surface area contributed by atoms with Crippen molar-refractivity contribution in [3.8, 4) is 6.07 Å². The lowest BCUT2D eigenvalue weighted by Gasteiger charge is -2.53. The van der Waals surface area contributed by atoms with Gasteiger partial charge in [-0.1, -0.05) is 0 Å². The highest BCUT2D eigenvalue weighted by Crippen LogP contribution is 2.53. The largest absolute Gasteiger partial charge is 0.444 e. The van der Waals surface area contributed by atoms with Gasteiger partial charge in [0.25, 0.3) is 0 Å². The predicted octanol–water partition coefficient (Wildman–Crippen LogP) is 5.75. The number of hydrogen-bond donors (Lipinski definition) is 1. The molecule has 4 aliphatic rings. The molecule has 7 rings (SSSR count). The molecular formula is C30H36N6O2. The Morgan fingerprint density at radius 2 is 1.87 bits per heavy atom. The molecule has 8 nitrogen and oxygen atoms in total. The van der Waals surface area contributed by atoms with Crippen molar-refractivity contribution < 1.29 is 9.53 Å². The molecule has 1 aliphatic heterocycles. The second-order valence-electron chi connectivity index (χ2n) is 12.6. The van der Waals surface area contributed by atoms with Gasteiger partial charge < -0.3 is 15.0 Å².